The average Bonchev–Trinajstić information content (AvgIpc) is 2.64. The SMILES string of the molecule is CC(C)c1ccc(NC(=O)C2CCCN(Cc3ccc(F)cc3)C2)cc1. The van der Waals surface area contributed by atoms with Gasteiger partial charge in [0.25, 0.3) is 0 Å². The maximum Gasteiger partial charge on any atom is 0.228 e. The number of carbonyl (C=O) groups is 1. The number of amides is 1. The summed E-state index contributed by atoms with van der Waals surface area (Å²) in [5, 5.41) is 3.05. The summed E-state index contributed by atoms with van der Waals surface area (Å²) in [6, 6.07) is 14.7. The van der Waals surface area contributed by atoms with Crippen LogP contribution in [0.15, 0.2) is 48.5 Å². The predicted octanol–water partition coefficient (Wildman–Crippen LogP) is 4.80. The van der Waals surface area contributed by atoms with Gasteiger partial charge in [0.05, 0.1) is 5.92 Å². The summed E-state index contributed by atoms with van der Waals surface area (Å²) in [5.74, 6) is 0.353. The predicted molar refractivity (Wildman–Crippen MR) is 104 cm³/mol. The van der Waals surface area contributed by atoms with Crippen LogP contribution in [0.25, 0.3) is 0 Å². The van der Waals surface area contributed by atoms with Crippen LogP contribution in [0, 0.1) is 11.7 Å². The quantitative estimate of drug-likeness (QED) is 0.836. The van der Waals surface area contributed by atoms with Crippen LogP contribution in [0.3, 0.4) is 0 Å². The Bertz CT molecular complexity index is 725. The molecule has 1 aliphatic heterocycles. The van der Waals surface area contributed by atoms with Crippen LogP contribution in [0.4, 0.5) is 10.1 Å². The maximum absolute atomic E-state index is 13.0. The van der Waals surface area contributed by atoms with Crippen LogP contribution in [-0.2, 0) is 11.3 Å². The van der Waals surface area contributed by atoms with E-state index in [1.165, 1.54) is 17.7 Å². The fourth-order valence-corrected chi connectivity index (χ4v) is 3.46. The zero-order valence-corrected chi connectivity index (χ0v) is 15.5. The smallest absolute Gasteiger partial charge is 0.228 e. The lowest BCUT2D eigenvalue weighted by Crippen LogP contribution is -2.40. The van der Waals surface area contributed by atoms with Crippen molar-refractivity contribution in [3.8, 4) is 0 Å². The fraction of sp³-hybridized carbons (Fsp3) is 0.409. The van der Waals surface area contributed by atoms with Gasteiger partial charge in [-0.25, -0.2) is 4.39 Å². The first-order valence-corrected chi connectivity index (χ1v) is 9.39. The van der Waals surface area contributed by atoms with Crippen molar-refractivity contribution in [2.75, 3.05) is 18.4 Å². The second kappa shape index (κ2) is 8.45. The van der Waals surface area contributed by atoms with Crippen molar-refractivity contribution in [2.45, 2.75) is 39.2 Å². The largest absolute Gasteiger partial charge is 0.326 e. The van der Waals surface area contributed by atoms with Crippen molar-refractivity contribution in [3.63, 3.8) is 0 Å². The van der Waals surface area contributed by atoms with E-state index in [0.29, 0.717) is 5.92 Å². The van der Waals surface area contributed by atoms with Gasteiger partial charge in [-0.15, -0.1) is 0 Å². The molecule has 0 spiro atoms. The molecule has 4 heteroatoms. The Morgan fingerprint density at radius 2 is 1.85 bits per heavy atom. The molecular weight excluding hydrogens is 327 g/mol. The Labute approximate surface area is 155 Å². The molecule has 1 amide bonds. The number of halogens is 1. The fourth-order valence-electron chi connectivity index (χ4n) is 3.46. The van der Waals surface area contributed by atoms with Crippen LogP contribution >= 0.6 is 0 Å². The van der Waals surface area contributed by atoms with Crippen LogP contribution in [0.1, 0.15) is 43.7 Å². The van der Waals surface area contributed by atoms with E-state index in [1.54, 1.807) is 0 Å². The van der Waals surface area contributed by atoms with Crippen LogP contribution in [-0.4, -0.2) is 23.9 Å². The van der Waals surface area contributed by atoms with Crippen LogP contribution in [0.2, 0.25) is 0 Å². The summed E-state index contributed by atoms with van der Waals surface area (Å²) >= 11 is 0. The second-order valence-corrected chi connectivity index (χ2v) is 7.47. The van der Waals surface area contributed by atoms with Gasteiger partial charge in [0.1, 0.15) is 5.82 Å². The zero-order chi connectivity index (χ0) is 18.5. The Kier molecular flexibility index (Phi) is 6.04. The van der Waals surface area contributed by atoms with E-state index >= 15 is 0 Å². The Hall–Kier alpha value is -2.20. The number of hydrogen-bond acceptors (Lipinski definition) is 2. The van der Waals surface area contributed by atoms with Gasteiger partial charge in [-0.3, -0.25) is 9.69 Å². The second-order valence-electron chi connectivity index (χ2n) is 7.47. The van der Waals surface area contributed by atoms with E-state index in [-0.39, 0.29) is 17.6 Å². The number of rotatable bonds is 5. The van der Waals surface area contributed by atoms with Crippen molar-refractivity contribution in [1.82, 2.24) is 4.90 Å². The summed E-state index contributed by atoms with van der Waals surface area (Å²) < 4.78 is 13.0. The van der Waals surface area contributed by atoms with Gasteiger partial charge in [-0.2, -0.15) is 0 Å². The molecule has 1 atom stereocenters. The van der Waals surface area contributed by atoms with Crippen molar-refractivity contribution in [2.24, 2.45) is 5.92 Å². The summed E-state index contributed by atoms with van der Waals surface area (Å²) in [6.07, 6.45) is 1.92. The molecule has 1 unspecified atom stereocenters. The molecule has 0 bridgehead atoms. The lowest BCUT2D eigenvalue weighted by atomic mass is 9.96. The van der Waals surface area contributed by atoms with Crippen molar-refractivity contribution < 1.29 is 9.18 Å². The number of piperidine rings is 1. The molecule has 2 aromatic rings. The molecule has 3 nitrogen and oxygen atoms in total. The third kappa shape index (κ3) is 4.92. The number of nitrogens with zero attached hydrogens (tertiary/aromatic N) is 1. The molecule has 0 aromatic heterocycles. The van der Waals surface area contributed by atoms with Gasteiger partial charge in [0.2, 0.25) is 5.91 Å². The van der Waals surface area contributed by atoms with Crippen molar-refractivity contribution in [1.29, 1.82) is 0 Å². The molecule has 0 radical (unpaired) electrons. The third-order valence-corrected chi connectivity index (χ3v) is 5.04. The molecule has 1 N–H and O–H groups in total. The Morgan fingerprint density at radius 3 is 2.50 bits per heavy atom. The number of likely N-dealkylation sites (tertiary alicyclic amines) is 1. The van der Waals surface area contributed by atoms with Gasteiger partial charge >= 0.3 is 0 Å². The van der Waals surface area contributed by atoms with Gasteiger partial charge in [-0.05, 0) is 60.7 Å². The minimum atomic E-state index is -0.215. The van der Waals surface area contributed by atoms with E-state index in [4.69, 9.17) is 0 Å². The molecule has 1 fully saturated rings. The lowest BCUT2D eigenvalue weighted by Gasteiger charge is -2.32. The number of carbonyl (C=O) groups excluding carboxylic acids is 1. The van der Waals surface area contributed by atoms with Crippen molar-refractivity contribution >= 4 is 11.6 Å². The standard InChI is InChI=1S/C22H27FN2O/c1-16(2)18-7-11-21(12-8-18)24-22(26)19-4-3-13-25(15-19)14-17-5-9-20(23)10-6-17/h5-12,16,19H,3-4,13-15H2,1-2H3,(H,24,26). The van der Waals surface area contributed by atoms with E-state index in [1.807, 2.05) is 24.3 Å². The van der Waals surface area contributed by atoms with E-state index in [2.05, 4.69) is 36.2 Å². The van der Waals surface area contributed by atoms with E-state index in [9.17, 15) is 9.18 Å². The van der Waals surface area contributed by atoms with Crippen molar-refractivity contribution in [3.05, 3.63) is 65.5 Å². The molecule has 1 saturated heterocycles. The molecular formula is C22H27FN2O. The average molecular weight is 354 g/mol. The highest BCUT2D eigenvalue weighted by atomic mass is 19.1. The topological polar surface area (TPSA) is 32.3 Å². The first-order valence-electron chi connectivity index (χ1n) is 9.39. The lowest BCUT2D eigenvalue weighted by molar-refractivity contribution is -0.121. The van der Waals surface area contributed by atoms with Gasteiger partial charge in [0.15, 0.2) is 0 Å². The zero-order valence-electron chi connectivity index (χ0n) is 15.5. The van der Waals surface area contributed by atoms with E-state index in [0.717, 1.165) is 43.7 Å². The number of hydrogen-bond donors (Lipinski definition) is 1. The normalized spacial score (nSPS) is 18.1. The van der Waals surface area contributed by atoms with Gasteiger partial charge in [0, 0.05) is 18.8 Å². The Morgan fingerprint density at radius 1 is 1.15 bits per heavy atom. The number of nitrogens with one attached hydrogen (secondary N) is 1. The molecule has 0 saturated carbocycles. The minimum absolute atomic E-state index is 0.00558. The summed E-state index contributed by atoms with van der Waals surface area (Å²) in [6.45, 7) is 6.79. The van der Waals surface area contributed by atoms with Crippen LogP contribution < -0.4 is 5.32 Å². The number of anilines is 1. The number of benzene rings is 2. The van der Waals surface area contributed by atoms with E-state index < -0.39 is 0 Å². The summed E-state index contributed by atoms with van der Waals surface area (Å²) in [7, 11) is 0. The molecule has 1 aliphatic rings. The molecule has 138 valence electrons. The highest BCUT2D eigenvalue weighted by Crippen LogP contribution is 2.22. The maximum atomic E-state index is 13.0. The Balaban J connectivity index is 1.56. The molecule has 2 aromatic carbocycles. The summed E-state index contributed by atoms with van der Waals surface area (Å²) in [5.41, 5.74) is 3.21. The molecule has 0 aliphatic carbocycles. The monoisotopic (exact) mass is 354 g/mol. The van der Waals surface area contributed by atoms with Gasteiger partial charge in [-0.1, -0.05) is 38.1 Å². The molecule has 26 heavy (non-hydrogen) atoms. The molecule has 3 rings (SSSR count). The third-order valence-electron chi connectivity index (χ3n) is 5.04. The molecule has 1 heterocycles. The highest BCUT2D eigenvalue weighted by molar-refractivity contribution is 5.92. The minimum Gasteiger partial charge on any atom is -0.326 e. The first-order chi connectivity index (χ1) is 12.5. The highest BCUT2D eigenvalue weighted by Gasteiger charge is 2.25. The van der Waals surface area contributed by atoms with Crippen LogP contribution in [0.5, 0.6) is 0 Å². The summed E-state index contributed by atoms with van der Waals surface area (Å²) in [4.78, 5) is 14.9. The first kappa shape index (κ1) is 18.6. The van der Waals surface area contributed by atoms with Gasteiger partial charge < -0.3 is 5.32 Å².